The van der Waals surface area contributed by atoms with Gasteiger partial charge in [-0.25, -0.2) is 4.98 Å². The number of halogens is 1. The molecule has 0 saturated heterocycles. The molecule has 2 N–H and O–H groups in total. The van der Waals surface area contributed by atoms with E-state index in [4.69, 9.17) is 11.6 Å². The van der Waals surface area contributed by atoms with Crippen LogP contribution in [0.3, 0.4) is 0 Å². The number of anilines is 1. The Labute approximate surface area is 182 Å². The molecule has 0 radical (unpaired) electrons. The van der Waals surface area contributed by atoms with Gasteiger partial charge in [0.15, 0.2) is 0 Å². The van der Waals surface area contributed by atoms with Gasteiger partial charge in [-0.05, 0) is 43.9 Å². The number of aromatic nitrogens is 3. The van der Waals surface area contributed by atoms with E-state index in [-0.39, 0.29) is 23.8 Å². The minimum atomic E-state index is -0.184. The molecule has 1 aliphatic carbocycles. The summed E-state index contributed by atoms with van der Waals surface area (Å²) < 4.78 is 0. The van der Waals surface area contributed by atoms with Crippen LogP contribution in [0.2, 0.25) is 5.02 Å². The number of thiazole rings is 1. The third kappa shape index (κ3) is 4.83. The van der Waals surface area contributed by atoms with Gasteiger partial charge in [0, 0.05) is 41.5 Å². The lowest BCUT2D eigenvalue weighted by Crippen LogP contribution is -2.39. The van der Waals surface area contributed by atoms with Crippen molar-refractivity contribution >= 4 is 40.4 Å². The monoisotopic (exact) mass is 441 g/mol. The van der Waals surface area contributed by atoms with E-state index >= 15 is 0 Å². The van der Waals surface area contributed by atoms with Crippen LogP contribution < -0.4 is 10.6 Å². The zero-order chi connectivity index (χ0) is 20.9. The second-order valence-corrected chi connectivity index (χ2v) is 8.41. The van der Waals surface area contributed by atoms with E-state index in [1.807, 2.05) is 12.1 Å². The number of rotatable bonds is 5. The minimum absolute atomic E-state index is 0.0343. The highest BCUT2D eigenvalue weighted by molar-refractivity contribution is 7.13. The fourth-order valence-electron chi connectivity index (χ4n) is 3.46. The van der Waals surface area contributed by atoms with Crippen LogP contribution in [0.5, 0.6) is 0 Å². The van der Waals surface area contributed by atoms with Gasteiger partial charge < -0.3 is 10.6 Å². The fraction of sp³-hybridized carbons (Fsp3) is 0.286. The molecule has 0 atom stereocenters. The van der Waals surface area contributed by atoms with Gasteiger partial charge in [0.2, 0.25) is 5.91 Å². The predicted octanol–water partition coefficient (Wildman–Crippen LogP) is 4.18. The summed E-state index contributed by atoms with van der Waals surface area (Å²) in [5.41, 5.74) is 1.82. The van der Waals surface area contributed by atoms with Crippen LogP contribution in [0, 0.1) is 5.92 Å². The summed E-state index contributed by atoms with van der Waals surface area (Å²) in [6.07, 6.45) is 9.43. The van der Waals surface area contributed by atoms with E-state index in [0.29, 0.717) is 29.2 Å². The Morgan fingerprint density at radius 1 is 1.07 bits per heavy atom. The molecule has 0 bridgehead atoms. The summed E-state index contributed by atoms with van der Waals surface area (Å²) in [6, 6.07) is 5.43. The number of pyridine rings is 2. The van der Waals surface area contributed by atoms with Crippen molar-refractivity contribution in [3.63, 3.8) is 0 Å². The average Bonchev–Trinajstić information content (AvgIpc) is 3.27. The molecule has 1 saturated carbocycles. The summed E-state index contributed by atoms with van der Waals surface area (Å²) in [5, 5.41) is 8.88. The highest BCUT2D eigenvalue weighted by Gasteiger charge is 2.28. The highest BCUT2D eigenvalue weighted by Crippen LogP contribution is 2.28. The van der Waals surface area contributed by atoms with Crippen molar-refractivity contribution < 1.29 is 9.59 Å². The van der Waals surface area contributed by atoms with Crippen molar-refractivity contribution in [2.45, 2.75) is 31.7 Å². The number of amides is 2. The normalized spacial score (nSPS) is 18.6. The molecule has 154 valence electrons. The molecule has 0 aromatic carbocycles. The molecule has 3 aromatic rings. The molecule has 1 fully saturated rings. The number of nitrogens with zero attached hydrogens (tertiary/aromatic N) is 3. The largest absolute Gasteiger partial charge is 0.348 e. The zero-order valence-corrected chi connectivity index (χ0v) is 17.6. The Morgan fingerprint density at radius 2 is 1.87 bits per heavy atom. The smallest absolute Gasteiger partial charge is 0.270 e. The van der Waals surface area contributed by atoms with Crippen molar-refractivity contribution in [1.29, 1.82) is 0 Å². The Hall–Kier alpha value is -2.84. The van der Waals surface area contributed by atoms with Gasteiger partial charge in [0.25, 0.3) is 5.91 Å². The molecular formula is C21H20ClN5O2S. The number of hydrogen-bond donors (Lipinski definition) is 2. The molecule has 9 heteroatoms. The summed E-state index contributed by atoms with van der Waals surface area (Å²) >= 11 is 7.49. The van der Waals surface area contributed by atoms with Crippen molar-refractivity contribution in [1.82, 2.24) is 20.3 Å². The first-order valence-electron chi connectivity index (χ1n) is 9.67. The Balaban J connectivity index is 1.28. The van der Waals surface area contributed by atoms with Crippen molar-refractivity contribution in [3.05, 3.63) is 59.1 Å². The van der Waals surface area contributed by atoms with Crippen LogP contribution in [0.1, 0.15) is 36.2 Å². The van der Waals surface area contributed by atoms with E-state index in [0.717, 1.165) is 23.4 Å². The van der Waals surface area contributed by atoms with Gasteiger partial charge in [0.1, 0.15) is 10.7 Å². The summed E-state index contributed by atoms with van der Waals surface area (Å²) in [6.45, 7) is 0. The first kappa shape index (κ1) is 20.4. The van der Waals surface area contributed by atoms with E-state index < -0.39 is 0 Å². The molecule has 30 heavy (non-hydrogen) atoms. The third-order valence-corrected chi connectivity index (χ3v) is 6.33. The lowest BCUT2D eigenvalue weighted by atomic mass is 9.85. The Bertz CT molecular complexity index is 1030. The van der Waals surface area contributed by atoms with Gasteiger partial charge >= 0.3 is 0 Å². The maximum Gasteiger partial charge on any atom is 0.270 e. The number of carbonyl (C=O) groups excluding carboxylic acids is 2. The zero-order valence-electron chi connectivity index (χ0n) is 16.0. The Kier molecular flexibility index (Phi) is 6.35. The maximum atomic E-state index is 12.6. The molecule has 7 nitrogen and oxygen atoms in total. The summed E-state index contributed by atoms with van der Waals surface area (Å²) in [4.78, 5) is 37.6. The van der Waals surface area contributed by atoms with Crippen LogP contribution in [0.15, 0.2) is 48.4 Å². The molecule has 3 heterocycles. The quantitative estimate of drug-likeness (QED) is 0.619. The van der Waals surface area contributed by atoms with Gasteiger partial charge in [-0.1, -0.05) is 11.6 Å². The van der Waals surface area contributed by atoms with Crippen LogP contribution in [-0.2, 0) is 4.79 Å². The van der Waals surface area contributed by atoms with Crippen LogP contribution >= 0.6 is 22.9 Å². The average molecular weight is 442 g/mol. The summed E-state index contributed by atoms with van der Waals surface area (Å²) in [7, 11) is 0. The molecule has 2 amide bonds. The van der Waals surface area contributed by atoms with E-state index in [9.17, 15) is 9.59 Å². The van der Waals surface area contributed by atoms with Gasteiger partial charge in [-0.3, -0.25) is 19.6 Å². The lowest BCUT2D eigenvalue weighted by Gasteiger charge is -2.28. The lowest BCUT2D eigenvalue weighted by molar-refractivity contribution is -0.120. The summed E-state index contributed by atoms with van der Waals surface area (Å²) in [5.74, 6) is -0.349. The molecular weight excluding hydrogens is 422 g/mol. The molecule has 0 aliphatic heterocycles. The second kappa shape index (κ2) is 9.32. The van der Waals surface area contributed by atoms with Crippen molar-refractivity contribution in [3.8, 4) is 10.6 Å². The standard InChI is InChI=1S/C21H20ClN5O2S/c22-16-7-9-24-11-17(16)26-19(28)13-3-5-15(6-4-13)25-20(29)18-12-30-21(27-18)14-2-1-8-23-10-14/h1-2,7-13,15H,3-6H2,(H,25,29)(H,26,28). The Morgan fingerprint density at radius 3 is 2.60 bits per heavy atom. The topological polar surface area (TPSA) is 96.9 Å². The first-order valence-corrected chi connectivity index (χ1v) is 10.9. The van der Waals surface area contributed by atoms with Gasteiger partial charge in [-0.2, -0.15) is 0 Å². The predicted molar refractivity (Wildman–Crippen MR) is 116 cm³/mol. The first-order chi connectivity index (χ1) is 14.6. The van der Waals surface area contributed by atoms with E-state index in [1.54, 1.807) is 36.2 Å². The second-order valence-electron chi connectivity index (χ2n) is 7.15. The van der Waals surface area contributed by atoms with Crippen molar-refractivity contribution in [2.24, 2.45) is 5.92 Å². The number of hydrogen-bond acceptors (Lipinski definition) is 6. The SMILES string of the molecule is O=C(NC1CCC(C(=O)Nc2cnccc2Cl)CC1)c1csc(-c2cccnc2)n1. The number of carbonyl (C=O) groups is 2. The van der Waals surface area contributed by atoms with Gasteiger partial charge in [-0.15, -0.1) is 11.3 Å². The molecule has 0 unspecified atom stereocenters. The maximum absolute atomic E-state index is 12.6. The molecule has 1 aliphatic rings. The third-order valence-electron chi connectivity index (χ3n) is 5.10. The molecule has 0 spiro atoms. The van der Waals surface area contributed by atoms with Crippen LogP contribution in [0.4, 0.5) is 5.69 Å². The van der Waals surface area contributed by atoms with E-state index in [1.165, 1.54) is 11.3 Å². The van der Waals surface area contributed by atoms with E-state index in [2.05, 4.69) is 25.6 Å². The molecule has 4 rings (SSSR count). The number of nitrogens with one attached hydrogen (secondary N) is 2. The molecule has 3 aromatic heterocycles. The van der Waals surface area contributed by atoms with Crippen LogP contribution in [0.25, 0.3) is 10.6 Å². The fourth-order valence-corrected chi connectivity index (χ4v) is 4.41. The van der Waals surface area contributed by atoms with Gasteiger partial charge in [0.05, 0.1) is 16.9 Å². The highest BCUT2D eigenvalue weighted by atomic mass is 35.5. The minimum Gasteiger partial charge on any atom is -0.348 e. The van der Waals surface area contributed by atoms with Crippen LogP contribution in [-0.4, -0.2) is 32.8 Å². The van der Waals surface area contributed by atoms with Crippen molar-refractivity contribution in [2.75, 3.05) is 5.32 Å².